The molecule has 2 unspecified atom stereocenters. The van der Waals surface area contributed by atoms with Gasteiger partial charge in [-0.15, -0.1) is 0 Å². The highest BCUT2D eigenvalue weighted by atomic mass is 19.1. The number of halogens is 2. The van der Waals surface area contributed by atoms with E-state index >= 15 is 0 Å². The Labute approximate surface area is 428 Å². The summed E-state index contributed by atoms with van der Waals surface area (Å²) in [7, 11) is 0. The molecule has 4 aromatic carbocycles. The largest absolute Gasteiger partial charge is 0.380 e. The van der Waals surface area contributed by atoms with Gasteiger partial charge in [-0.2, -0.15) is 10.2 Å². The van der Waals surface area contributed by atoms with Crippen LogP contribution in [0.5, 0.6) is 0 Å². The van der Waals surface area contributed by atoms with Gasteiger partial charge in [-0.1, -0.05) is 74.2 Å². The van der Waals surface area contributed by atoms with Crippen LogP contribution in [-0.4, -0.2) is 51.6 Å². The van der Waals surface area contributed by atoms with Crippen molar-refractivity contribution in [3.63, 3.8) is 0 Å². The fourth-order valence-corrected chi connectivity index (χ4v) is 9.24. The first-order chi connectivity index (χ1) is 35.7. The number of pyridine rings is 2. The van der Waals surface area contributed by atoms with Gasteiger partial charge < -0.3 is 32.3 Å². The zero-order valence-electron chi connectivity index (χ0n) is 41.4. The number of carbonyl (C=O) groups excluding carboxylic acids is 2. The molecule has 2 aliphatic rings. The maximum atomic E-state index is 14.9. The van der Waals surface area contributed by atoms with Crippen LogP contribution in [0.25, 0.3) is 11.4 Å². The van der Waals surface area contributed by atoms with Crippen molar-refractivity contribution < 1.29 is 28.6 Å². The third kappa shape index (κ3) is 11.7. The van der Waals surface area contributed by atoms with Crippen LogP contribution >= 0.6 is 0 Å². The molecule has 16 heteroatoms. The van der Waals surface area contributed by atoms with Gasteiger partial charge in [0.1, 0.15) is 34.2 Å². The minimum absolute atomic E-state index is 0.0163. The van der Waals surface area contributed by atoms with Gasteiger partial charge in [0.25, 0.3) is 11.8 Å². The van der Waals surface area contributed by atoms with Crippen molar-refractivity contribution in [1.29, 1.82) is 0 Å². The number of nitrogens with zero attached hydrogens (tertiary/aromatic N) is 6. The Balaban J connectivity index is 0.000000182. The molecule has 8 N–H and O–H groups in total. The van der Waals surface area contributed by atoms with E-state index in [2.05, 4.69) is 30.8 Å². The van der Waals surface area contributed by atoms with Crippen LogP contribution in [-0.2, 0) is 24.3 Å². The third-order valence-corrected chi connectivity index (χ3v) is 13.8. The molecule has 4 aromatic heterocycles. The lowest BCUT2D eigenvalue weighted by Crippen LogP contribution is -2.28. The monoisotopic (exact) mass is 998 g/mol. The van der Waals surface area contributed by atoms with Crippen LogP contribution < -0.4 is 22.1 Å². The molecule has 10 rings (SSSR count). The number of carbonyl (C=O) groups is 2. The van der Waals surface area contributed by atoms with Gasteiger partial charge in [-0.25, -0.2) is 18.1 Å². The first kappa shape index (κ1) is 51.2. The lowest BCUT2D eigenvalue weighted by Gasteiger charge is -2.30. The van der Waals surface area contributed by atoms with Crippen LogP contribution in [0.15, 0.2) is 146 Å². The van der Waals surface area contributed by atoms with E-state index in [1.54, 1.807) is 75.0 Å². The van der Waals surface area contributed by atoms with Crippen LogP contribution in [0.2, 0.25) is 0 Å². The van der Waals surface area contributed by atoms with Crippen molar-refractivity contribution in [3.05, 3.63) is 214 Å². The molecule has 2 atom stereocenters. The number of anilines is 2. The van der Waals surface area contributed by atoms with Crippen LogP contribution in [0.4, 0.5) is 20.2 Å². The van der Waals surface area contributed by atoms with Crippen molar-refractivity contribution in [2.24, 2.45) is 23.3 Å². The molecule has 74 heavy (non-hydrogen) atoms. The summed E-state index contributed by atoms with van der Waals surface area (Å²) in [5, 5.41) is 38.0. The molecule has 14 nitrogen and oxygen atoms in total. The van der Waals surface area contributed by atoms with E-state index in [0.717, 1.165) is 49.7 Å². The van der Waals surface area contributed by atoms with Crippen LogP contribution in [0, 0.1) is 37.3 Å². The molecule has 0 bridgehead atoms. The minimum Gasteiger partial charge on any atom is -0.380 e. The molecule has 0 spiro atoms. The maximum Gasteiger partial charge on any atom is 0.274 e. The van der Waals surface area contributed by atoms with E-state index in [0.29, 0.717) is 82.8 Å². The Kier molecular flexibility index (Phi) is 15.3. The number of rotatable bonds is 18. The highest BCUT2D eigenvalue weighted by Crippen LogP contribution is 2.43. The molecule has 0 saturated heterocycles. The zero-order chi connectivity index (χ0) is 52.0. The average molecular weight is 999 g/mol. The number of nitrogens with two attached hydrogens (primary N) is 2. The van der Waals surface area contributed by atoms with E-state index in [1.807, 2.05) is 60.7 Å². The summed E-state index contributed by atoms with van der Waals surface area (Å²) in [5.41, 5.74) is 16.0. The second-order valence-electron chi connectivity index (χ2n) is 19.4. The molecule has 8 aromatic rings. The fourth-order valence-electron chi connectivity index (χ4n) is 9.24. The molecule has 0 aliphatic heterocycles. The molecule has 380 valence electrons. The first-order valence-corrected chi connectivity index (χ1v) is 24.9. The van der Waals surface area contributed by atoms with E-state index in [9.17, 15) is 28.6 Å². The molecular formula is C58H60F2N10O4. The Morgan fingerprint density at radius 3 is 1.36 bits per heavy atom. The van der Waals surface area contributed by atoms with Gasteiger partial charge in [0.05, 0.1) is 34.1 Å². The van der Waals surface area contributed by atoms with Crippen molar-refractivity contribution in [2.45, 2.75) is 89.5 Å². The van der Waals surface area contributed by atoms with Gasteiger partial charge in [0, 0.05) is 49.0 Å². The third-order valence-electron chi connectivity index (χ3n) is 13.8. The number of aromatic nitrogens is 6. The molecule has 4 heterocycles. The molecular weight excluding hydrogens is 939 g/mol. The molecule has 0 radical (unpaired) electrons. The molecule has 2 fully saturated rings. The maximum absolute atomic E-state index is 14.9. The Bertz CT molecular complexity index is 3050. The van der Waals surface area contributed by atoms with E-state index in [-0.39, 0.29) is 22.8 Å². The van der Waals surface area contributed by atoms with Crippen molar-refractivity contribution in [3.8, 4) is 11.4 Å². The van der Waals surface area contributed by atoms with E-state index in [4.69, 9.17) is 11.5 Å². The summed E-state index contributed by atoms with van der Waals surface area (Å²) >= 11 is 0. The number of benzene rings is 4. The lowest BCUT2D eigenvalue weighted by molar-refractivity contribution is 0.0663. The van der Waals surface area contributed by atoms with Gasteiger partial charge in [0.2, 0.25) is 0 Å². The van der Waals surface area contributed by atoms with E-state index < -0.39 is 34.7 Å². The van der Waals surface area contributed by atoms with Crippen LogP contribution in [0.1, 0.15) is 117 Å². The predicted octanol–water partition coefficient (Wildman–Crippen LogP) is 9.70. The zero-order valence-corrected chi connectivity index (χ0v) is 41.4. The van der Waals surface area contributed by atoms with Gasteiger partial charge in [-0.05, 0) is 146 Å². The second-order valence-corrected chi connectivity index (χ2v) is 19.4. The van der Waals surface area contributed by atoms with Gasteiger partial charge in [0.15, 0.2) is 0 Å². The smallest absolute Gasteiger partial charge is 0.274 e. The lowest BCUT2D eigenvalue weighted by atomic mass is 9.82. The van der Waals surface area contributed by atoms with Crippen molar-refractivity contribution >= 4 is 23.2 Å². The van der Waals surface area contributed by atoms with E-state index in [1.165, 1.54) is 33.6 Å². The Morgan fingerprint density at radius 2 is 1.00 bits per heavy atom. The quantitative estimate of drug-likeness (QED) is 0.0479. The standard InChI is InChI=1S/2C29H30FN5O2/c2*1-19-14-27(35(34-19)24-6-2-4-21(15-24)17-31)28(36)33-26-16-22(9-10-25(26)30)29(37,12-11-20-7-8-20)23-5-3-13-32-18-23/h2*2-6,9-10,13-16,18,20,37H,7-8,11-12,17,31H2,1H3,(H,33,36). The Hall–Kier alpha value is -7.76. The highest BCUT2D eigenvalue weighted by Gasteiger charge is 2.37. The summed E-state index contributed by atoms with van der Waals surface area (Å²) < 4.78 is 32.9. The Morgan fingerprint density at radius 1 is 0.581 bits per heavy atom. The molecule has 2 aliphatic carbocycles. The van der Waals surface area contributed by atoms with Crippen LogP contribution in [0.3, 0.4) is 0 Å². The first-order valence-electron chi connectivity index (χ1n) is 24.9. The molecule has 2 saturated carbocycles. The van der Waals surface area contributed by atoms with Crippen molar-refractivity contribution in [1.82, 2.24) is 29.5 Å². The topological polar surface area (TPSA) is 212 Å². The molecule has 2 amide bonds. The normalized spacial score (nSPS) is 14.8. The number of aryl methyl sites for hydroxylation is 2. The number of hydrogen-bond donors (Lipinski definition) is 6. The summed E-state index contributed by atoms with van der Waals surface area (Å²) in [6.45, 7) is 4.28. The summed E-state index contributed by atoms with van der Waals surface area (Å²) in [4.78, 5) is 35.1. The minimum atomic E-state index is -1.36. The highest BCUT2D eigenvalue weighted by molar-refractivity contribution is 6.04. The number of aliphatic hydroxyl groups is 2. The fraction of sp³-hybridized carbons (Fsp3) is 0.276. The van der Waals surface area contributed by atoms with Crippen molar-refractivity contribution in [2.75, 3.05) is 10.6 Å². The number of amides is 2. The number of hydrogen-bond acceptors (Lipinski definition) is 10. The van der Waals surface area contributed by atoms with Gasteiger partial charge >= 0.3 is 0 Å². The predicted molar refractivity (Wildman–Crippen MR) is 279 cm³/mol. The summed E-state index contributed by atoms with van der Waals surface area (Å²) in [6, 6.07) is 34.0. The average Bonchev–Trinajstić information content (AvgIpc) is 4.37. The summed E-state index contributed by atoms with van der Waals surface area (Å²) in [6.07, 6.45) is 13.9. The summed E-state index contributed by atoms with van der Waals surface area (Å²) in [5.74, 6) is -1.02. The van der Waals surface area contributed by atoms with Gasteiger partial charge in [-0.3, -0.25) is 19.6 Å². The SMILES string of the molecule is Cc1cc(C(=O)Nc2cc(C(O)(CCC3CC3)c3cccnc3)ccc2F)n(-c2cccc(CN)c2)n1.Cc1cc(C(=O)Nc2cc(C(O)(CCC3CC3)c3cccnc3)ccc2F)n(-c2cccc(CN)c2)n1. The second kappa shape index (κ2) is 22.2. The number of nitrogens with one attached hydrogen (secondary N) is 2.